The second-order valence-corrected chi connectivity index (χ2v) is 5.56. The summed E-state index contributed by atoms with van der Waals surface area (Å²) in [7, 11) is 1.61. The minimum atomic E-state index is -0.424. The van der Waals surface area contributed by atoms with Gasteiger partial charge in [-0.05, 0) is 36.8 Å². The molecule has 6 nitrogen and oxygen atoms in total. The molecular weight excluding hydrogens is 337 g/mol. The van der Waals surface area contributed by atoms with Gasteiger partial charge < -0.3 is 20.7 Å². The molecule has 0 fully saturated rings. The Labute approximate surface area is 151 Å². The van der Waals surface area contributed by atoms with Crippen LogP contribution < -0.4 is 16.0 Å². The van der Waals surface area contributed by atoms with E-state index in [-0.39, 0.29) is 24.0 Å². The van der Waals surface area contributed by atoms with Crippen LogP contribution in [0, 0.1) is 5.82 Å². The van der Waals surface area contributed by atoms with Crippen LogP contribution in [-0.4, -0.2) is 38.6 Å². The van der Waals surface area contributed by atoms with Gasteiger partial charge in [-0.15, -0.1) is 0 Å². The molecule has 0 aromatic heterocycles. The number of halogens is 1. The largest absolute Gasteiger partial charge is 0.385 e. The number of carbonyl (C=O) groups excluding carboxylic acids is 2. The Kier molecular flexibility index (Phi) is 7.57. The normalized spacial score (nSPS) is 10.2. The average molecular weight is 359 g/mol. The Balaban J connectivity index is 1.86. The van der Waals surface area contributed by atoms with Crippen molar-refractivity contribution < 1.29 is 18.7 Å². The number of ether oxygens (including phenoxy) is 1. The molecule has 2 aromatic carbocycles. The van der Waals surface area contributed by atoms with Crippen molar-refractivity contribution in [2.45, 2.75) is 6.42 Å². The predicted molar refractivity (Wildman–Crippen MR) is 98.8 cm³/mol. The number of rotatable bonds is 9. The number of nitrogens with one attached hydrogen (secondary N) is 3. The van der Waals surface area contributed by atoms with Gasteiger partial charge in [0.2, 0.25) is 5.91 Å². The van der Waals surface area contributed by atoms with E-state index in [1.165, 1.54) is 6.07 Å². The number of benzene rings is 2. The van der Waals surface area contributed by atoms with Crippen LogP contribution in [0.3, 0.4) is 0 Å². The average Bonchev–Trinajstić information content (AvgIpc) is 2.64. The molecule has 7 heteroatoms. The van der Waals surface area contributed by atoms with Crippen LogP contribution in [-0.2, 0) is 9.53 Å². The van der Waals surface area contributed by atoms with E-state index in [1.54, 1.807) is 49.6 Å². The fraction of sp³-hybridized carbons (Fsp3) is 0.263. The summed E-state index contributed by atoms with van der Waals surface area (Å²) >= 11 is 0. The van der Waals surface area contributed by atoms with Gasteiger partial charge in [0.25, 0.3) is 5.91 Å². The third-order valence-electron chi connectivity index (χ3n) is 3.53. The van der Waals surface area contributed by atoms with Gasteiger partial charge in [-0.3, -0.25) is 9.59 Å². The van der Waals surface area contributed by atoms with Gasteiger partial charge in [-0.1, -0.05) is 18.2 Å². The maximum atomic E-state index is 13.5. The quantitative estimate of drug-likeness (QED) is 0.602. The molecule has 0 saturated heterocycles. The highest BCUT2D eigenvalue weighted by Gasteiger charge is 2.08. The fourth-order valence-electron chi connectivity index (χ4n) is 2.24. The van der Waals surface area contributed by atoms with Crippen molar-refractivity contribution in [1.29, 1.82) is 0 Å². The molecule has 0 unspecified atom stereocenters. The Hall–Kier alpha value is -2.93. The van der Waals surface area contributed by atoms with Gasteiger partial charge in [-0.2, -0.15) is 0 Å². The predicted octanol–water partition coefficient (Wildman–Crippen LogP) is 2.64. The van der Waals surface area contributed by atoms with E-state index in [1.807, 2.05) is 0 Å². The second kappa shape index (κ2) is 10.1. The number of hydrogen-bond donors (Lipinski definition) is 3. The monoisotopic (exact) mass is 359 g/mol. The molecule has 0 aliphatic heterocycles. The van der Waals surface area contributed by atoms with Crippen LogP contribution in [0.2, 0.25) is 0 Å². The van der Waals surface area contributed by atoms with E-state index < -0.39 is 5.82 Å². The lowest BCUT2D eigenvalue weighted by Gasteiger charge is -2.10. The Bertz CT molecular complexity index is 752. The molecule has 2 rings (SSSR count). The van der Waals surface area contributed by atoms with Crippen molar-refractivity contribution in [2.75, 3.05) is 37.4 Å². The first-order chi connectivity index (χ1) is 12.6. The number of anilines is 2. The molecule has 138 valence electrons. The molecule has 26 heavy (non-hydrogen) atoms. The lowest BCUT2D eigenvalue weighted by atomic mass is 10.2. The molecule has 2 aromatic rings. The van der Waals surface area contributed by atoms with Crippen molar-refractivity contribution in [3.05, 3.63) is 59.9 Å². The zero-order chi connectivity index (χ0) is 18.8. The molecule has 0 saturated carbocycles. The summed E-state index contributed by atoms with van der Waals surface area (Å²) in [6.07, 6.45) is 0.723. The number of hydrogen-bond acceptors (Lipinski definition) is 4. The summed E-state index contributed by atoms with van der Waals surface area (Å²) in [6, 6.07) is 12.7. The van der Waals surface area contributed by atoms with E-state index in [0.717, 1.165) is 6.42 Å². The molecule has 0 spiro atoms. The number of amides is 2. The fourth-order valence-corrected chi connectivity index (χ4v) is 2.24. The smallest absolute Gasteiger partial charge is 0.251 e. The van der Waals surface area contributed by atoms with Gasteiger partial charge in [0.05, 0.1) is 12.2 Å². The van der Waals surface area contributed by atoms with Crippen molar-refractivity contribution in [3.63, 3.8) is 0 Å². The van der Waals surface area contributed by atoms with E-state index >= 15 is 0 Å². The Morgan fingerprint density at radius 3 is 2.69 bits per heavy atom. The SMILES string of the molecule is COCCCNC(=O)c1cccc(NC(=O)CNc2ccccc2F)c1. The molecule has 0 aliphatic carbocycles. The summed E-state index contributed by atoms with van der Waals surface area (Å²) < 4.78 is 18.4. The molecule has 0 heterocycles. The van der Waals surface area contributed by atoms with E-state index in [4.69, 9.17) is 4.74 Å². The molecular formula is C19H22FN3O3. The van der Waals surface area contributed by atoms with Crippen molar-refractivity contribution in [1.82, 2.24) is 5.32 Å². The van der Waals surface area contributed by atoms with Crippen molar-refractivity contribution >= 4 is 23.2 Å². The minimum Gasteiger partial charge on any atom is -0.385 e. The van der Waals surface area contributed by atoms with Crippen LogP contribution in [0.4, 0.5) is 15.8 Å². The van der Waals surface area contributed by atoms with Gasteiger partial charge >= 0.3 is 0 Å². The van der Waals surface area contributed by atoms with Crippen LogP contribution >= 0.6 is 0 Å². The first-order valence-corrected chi connectivity index (χ1v) is 8.25. The molecule has 0 atom stereocenters. The van der Waals surface area contributed by atoms with Crippen LogP contribution in [0.1, 0.15) is 16.8 Å². The minimum absolute atomic E-state index is 0.0889. The second-order valence-electron chi connectivity index (χ2n) is 5.56. The van der Waals surface area contributed by atoms with Crippen LogP contribution in [0.15, 0.2) is 48.5 Å². The molecule has 0 bridgehead atoms. The highest BCUT2D eigenvalue weighted by atomic mass is 19.1. The maximum absolute atomic E-state index is 13.5. The zero-order valence-corrected chi connectivity index (χ0v) is 14.5. The van der Waals surface area contributed by atoms with E-state index in [2.05, 4.69) is 16.0 Å². The lowest BCUT2D eigenvalue weighted by Crippen LogP contribution is -2.25. The summed E-state index contributed by atoms with van der Waals surface area (Å²) in [4.78, 5) is 24.1. The van der Waals surface area contributed by atoms with Gasteiger partial charge in [0.1, 0.15) is 5.82 Å². The van der Waals surface area contributed by atoms with Gasteiger partial charge in [0.15, 0.2) is 0 Å². The summed E-state index contributed by atoms with van der Waals surface area (Å²) in [5.74, 6) is -0.986. The van der Waals surface area contributed by atoms with Crippen LogP contribution in [0.25, 0.3) is 0 Å². The van der Waals surface area contributed by atoms with Crippen LogP contribution in [0.5, 0.6) is 0 Å². The summed E-state index contributed by atoms with van der Waals surface area (Å²) in [5.41, 5.74) is 1.20. The Morgan fingerprint density at radius 2 is 1.92 bits per heavy atom. The first kappa shape index (κ1) is 19.4. The van der Waals surface area contributed by atoms with E-state index in [0.29, 0.717) is 24.4 Å². The van der Waals surface area contributed by atoms with E-state index in [9.17, 15) is 14.0 Å². The third-order valence-corrected chi connectivity index (χ3v) is 3.53. The molecule has 0 radical (unpaired) electrons. The standard InChI is InChI=1S/C19H22FN3O3/c1-26-11-5-10-21-19(25)14-6-4-7-15(12-14)23-18(24)13-22-17-9-3-2-8-16(17)20/h2-4,6-9,12,22H,5,10-11,13H2,1H3,(H,21,25)(H,23,24). The first-order valence-electron chi connectivity index (χ1n) is 8.25. The summed E-state index contributed by atoms with van der Waals surface area (Å²) in [5, 5.41) is 8.19. The highest BCUT2D eigenvalue weighted by molar-refractivity contribution is 5.98. The maximum Gasteiger partial charge on any atom is 0.251 e. The molecule has 0 aliphatic rings. The van der Waals surface area contributed by atoms with Gasteiger partial charge in [-0.25, -0.2) is 4.39 Å². The molecule has 2 amide bonds. The zero-order valence-electron chi connectivity index (χ0n) is 14.5. The number of para-hydroxylation sites is 1. The topological polar surface area (TPSA) is 79.5 Å². The lowest BCUT2D eigenvalue weighted by molar-refractivity contribution is -0.114. The van der Waals surface area contributed by atoms with Gasteiger partial charge in [0, 0.05) is 31.5 Å². The third kappa shape index (κ3) is 6.18. The highest BCUT2D eigenvalue weighted by Crippen LogP contribution is 2.13. The number of carbonyl (C=O) groups is 2. The van der Waals surface area contributed by atoms with Crippen molar-refractivity contribution in [3.8, 4) is 0 Å². The Morgan fingerprint density at radius 1 is 1.12 bits per heavy atom. The summed E-state index contributed by atoms with van der Waals surface area (Å²) in [6.45, 7) is 0.996. The molecule has 3 N–H and O–H groups in total. The number of methoxy groups -OCH3 is 1. The van der Waals surface area contributed by atoms with Crippen molar-refractivity contribution in [2.24, 2.45) is 0 Å².